The third-order valence-electron chi connectivity index (χ3n) is 2.33. The molecule has 1 heterocycles. The third kappa shape index (κ3) is 2.90. The maximum Gasteiger partial charge on any atom is 0.271 e. The van der Waals surface area contributed by atoms with Crippen molar-refractivity contribution in [3.05, 3.63) is 46.8 Å². The van der Waals surface area contributed by atoms with E-state index >= 15 is 0 Å². The van der Waals surface area contributed by atoms with E-state index in [1.165, 1.54) is 6.07 Å². The van der Waals surface area contributed by atoms with Crippen LogP contribution in [-0.2, 0) is 16.6 Å². The summed E-state index contributed by atoms with van der Waals surface area (Å²) >= 11 is 1.06. The first-order chi connectivity index (χ1) is 8.51. The van der Waals surface area contributed by atoms with Crippen LogP contribution in [0.4, 0.5) is 5.69 Å². The zero-order chi connectivity index (χ0) is 13.2. The minimum Gasteiger partial charge on any atom is -0.391 e. The molecule has 0 aliphatic rings. The normalized spacial score (nSPS) is 11.4. The van der Waals surface area contributed by atoms with Gasteiger partial charge in [-0.1, -0.05) is 12.1 Å². The number of hydrogen-bond acceptors (Lipinski definition) is 4. The van der Waals surface area contributed by atoms with Gasteiger partial charge in [0, 0.05) is 10.6 Å². The van der Waals surface area contributed by atoms with Crippen LogP contribution in [0.1, 0.15) is 10.4 Å². The second-order valence-electron chi connectivity index (χ2n) is 3.85. The number of nitrogens with one attached hydrogen (secondary N) is 1. The van der Waals surface area contributed by atoms with E-state index in [9.17, 15) is 8.42 Å². The maximum atomic E-state index is 12.1. The molecular weight excluding hydrogens is 270 g/mol. The van der Waals surface area contributed by atoms with Crippen LogP contribution in [0.25, 0.3) is 0 Å². The van der Waals surface area contributed by atoms with Crippen molar-refractivity contribution in [2.45, 2.75) is 17.7 Å². The Balaban J connectivity index is 2.27. The fraction of sp³-hybridized carbons (Fsp3) is 0.167. The summed E-state index contributed by atoms with van der Waals surface area (Å²) in [4.78, 5) is 0.625. The fourth-order valence-electron chi connectivity index (χ4n) is 1.50. The van der Waals surface area contributed by atoms with Crippen LogP contribution in [0.3, 0.4) is 0 Å². The van der Waals surface area contributed by atoms with Crippen molar-refractivity contribution in [2.75, 3.05) is 4.72 Å². The van der Waals surface area contributed by atoms with E-state index < -0.39 is 10.0 Å². The van der Waals surface area contributed by atoms with Gasteiger partial charge in [-0.25, -0.2) is 8.42 Å². The van der Waals surface area contributed by atoms with E-state index in [2.05, 4.69) is 4.72 Å². The van der Waals surface area contributed by atoms with E-state index in [-0.39, 0.29) is 10.8 Å². The second kappa shape index (κ2) is 5.09. The Bertz CT molecular complexity index is 647. The van der Waals surface area contributed by atoms with Crippen molar-refractivity contribution in [3.63, 3.8) is 0 Å². The topological polar surface area (TPSA) is 66.4 Å². The molecule has 0 radical (unpaired) electrons. The summed E-state index contributed by atoms with van der Waals surface area (Å²) in [6.07, 6.45) is 0. The predicted octanol–water partition coefficient (Wildman–Crippen LogP) is 2.35. The molecule has 96 valence electrons. The summed E-state index contributed by atoms with van der Waals surface area (Å²) in [5.74, 6) is 0. The Hall–Kier alpha value is -1.37. The molecule has 0 fully saturated rings. The molecule has 2 aromatic rings. The summed E-state index contributed by atoms with van der Waals surface area (Å²) in [5, 5.41) is 8.94. The molecular formula is C12H13NO3S2. The van der Waals surface area contributed by atoms with Gasteiger partial charge in [-0.3, -0.25) is 4.72 Å². The van der Waals surface area contributed by atoms with Gasteiger partial charge in [0.1, 0.15) is 4.21 Å². The van der Waals surface area contributed by atoms with Crippen LogP contribution in [0.2, 0.25) is 0 Å². The minimum absolute atomic E-state index is 0.148. The molecule has 0 atom stereocenters. The molecule has 18 heavy (non-hydrogen) atoms. The van der Waals surface area contributed by atoms with Gasteiger partial charge in [0.15, 0.2) is 0 Å². The van der Waals surface area contributed by atoms with Gasteiger partial charge in [0.25, 0.3) is 10.0 Å². The number of sulfonamides is 1. The van der Waals surface area contributed by atoms with Gasteiger partial charge in [-0.05, 0) is 36.8 Å². The summed E-state index contributed by atoms with van der Waals surface area (Å²) in [7, 11) is -3.56. The number of thiophene rings is 1. The van der Waals surface area contributed by atoms with E-state index in [4.69, 9.17) is 5.11 Å². The highest BCUT2D eigenvalue weighted by Crippen LogP contribution is 2.24. The average Bonchev–Trinajstić information content (AvgIpc) is 2.77. The number of anilines is 1. The lowest BCUT2D eigenvalue weighted by atomic mass is 10.2. The lowest BCUT2D eigenvalue weighted by Gasteiger charge is -2.06. The van der Waals surface area contributed by atoms with E-state index in [0.717, 1.165) is 16.9 Å². The van der Waals surface area contributed by atoms with Gasteiger partial charge in [0.05, 0.1) is 6.61 Å². The van der Waals surface area contributed by atoms with E-state index in [1.807, 2.05) is 13.0 Å². The molecule has 1 aromatic heterocycles. The highest BCUT2D eigenvalue weighted by Gasteiger charge is 2.16. The summed E-state index contributed by atoms with van der Waals surface area (Å²) in [6, 6.07) is 10.3. The molecule has 0 spiro atoms. The zero-order valence-electron chi connectivity index (χ0n) is 9.75. The number of aryl methyl sites for hydroxylation is 1. The molecule has 6 heteroatoms. The first-order valence-corrected chi connectivity index (χ1v) is 7.60. The average molecular weight is 283 g/mol. The van der Waals surface area contributed by atoms with Crippen molar-refractivity contribution in [1.82, 2.24) is 0 Å². The molecule has 0 aliphatic carbocycles. The van der Waals surface area contributed by atoms with Crippen LogP contribution in [0.5, 0.6) is 0 Å². The van der Waals surface area contributed by atoms with Gasteiger partial charge in [0.2, 0.25) is 0 Å². The highest BCUT2D eigenvalue weighted by molar-refractivity contribution is 7.94. The van der Waals surface area contributed by atoms with Gasteiger partial charge >= 0.3 is 0 Å². The zero-order valence-corrected chi connectivity index (χ0v) is 11.4. The van der Waals surface area contributed by atoms with Gasteiger partial charge in [-0.2, -0.15) is 0 Å². The summed E-state index contributed by atoms with van der Waals surface area (Å²) in [5.41, 5.74) is 1.52. The Kier molecular flexibility index (Phi) is 3.70. The van der Waals surface area contributed by atoms with Crippen LogP contribution in [0.15, 0.2) is 40.6 Å². The molecule has 0 unspecified atom stereocenters. The number of aliphatic hydroxyl groups is 1. The second-order valence-corrected chi connectivity index (χ2v) is 6.93. The maximum absolute atomic E-state index is 12.1. The van der Waals surface area contributed by atoms with Crippen LogP contribution < -0.4 is 4.72 Å². The Morgan fingerprint density at radius 1 is 1.28 bits per heavy atom. The standard InChI is InChI=1S/C12H13NO3S2/c1-9-3-2-4-10(7-9)13-18(15,16)12-6-5-11(8-14)17-12/h2-7,13-14H,8H2,1H3. The molecule has 2 rings (SSSR count). The Labute approximate surface area is 110 Å². The predicted molar refractivity (Wildman–Crippen MR) is 72.2 cm³/mol. The lowest BCUT2D eigenvalue weighted by Crippen LogP contribution is -2.11. The van der Waals surface area contributed by atoms with Gasteiger partial charge in [-0.15, -0.1) is 11.3 Å². The van der Waals surface area contributed by atoms with E-state index in [1.54, 1.807) is 24.3 Å². The molecule has 4 nitrogen and oxygen atoms in total. The molecule has 0 saturated carbocycles. The van der Waals surface area contributed by atoms with E-state index in [0.29, 0.717) is 10.6 Å². The summed E-state index contributed by atoms with van der Waals surface area (Å²) in [6.45, 7) is 1.75. The fourth-order valence-corrected chi connectivity index (χ4v) is 3.77. The molecule has 0 amide bonds. The molecule has 0 aliphatic heterocycles. The number of hydrogen-bond donors (Lipinski definition) is 2. The SMILES string of the molecule is Cc1cccc(NS(=O)(=O)c2ccc(CO)s2)c1. The van der Waals surface area contributed by atoms with Crippen molar-refractivity contribution >= 4 is 27.0 Å². The lowest BCUT2D eigenvalue weighted by molar-refractivity contribution is 0.285. The van der Waals surface area contributed by atoms with Crippen LogP contribution in [-0.4, -0.2) is 13.5 Å². The number of aliphatic hydroxyl groups excluding tert-OH is 1. The van der Waals surface area contributed by atoms with Crippen molar-refractivity contribution in [3.8, 4) is 0 Å². The first kappa shape index (κ1) is 13.1. The molecule has 0 saturated heterocycles. The Morgan fingerprint density at radius 3 is 2.67 bits per heavy atom. The first-order valence-electron chi connectivity index (χ1n) is 5.30. The smallest absolute Gasteiger partial charge is 0.271 e. The van der Waals surface area contributed by atoms with Crippen molar-refractivity contribution < 1.29 is 13.5 Å². The molecule has 1 aromatic carbocycles. The Morgan fingerprint density at radius 2 is 2.06 bits per heavy atom. The number of benzene rings is 1. The highest BCUT2D eigenvalue weighted by atomic mass is 32.2. The van der Waals surface area contributed by atoms with Gasteiger partial charge < -0.3 is 5.11 Å². The minimum atomic E-state index is -3.56. The largest absolute Gasteiger partial charge is 0.391 e. The van der Waals surface area contributed by atoms with Crippen LogP contribution in [0, 0.1) is 6.92 Å². The molecule has 2 N–H and O–H groups in total. The third-order valence-corrected chi connectivity index (χ3v) is 5.27. The molecule has 0 bridgehead atoms. The van der Waals surface area contributed by atoms with Crippen molar-refractivity contribution in [1.29, 1.82) is 0 Å². The van der Waals surface area contributed by atoms with Crippen molar-refractivity contribution in [2.24, 2.45) is 0 Å². The monoisotopic (exact) mass is 283 g/mol. The number of rotatable bonds is 4. The quantitative estimate of drug-likeness (QED) is 0.905. The van der Waals surface area contributed by atoms with Crippen LogP contribution >= 0.6 is 11.3 Å². The summed E-state index contributed by atoms with van der Waals surface area (Å²) < 4.78 is 26.8.